The van der Waals surface area contributed by atoms with E-state index < -0.39 is 10.3 Å². The Hall–Kier alpha value is -0.910. The molecular weight excluding hydrogens is 214 g/mol. The Morgan fingerprint density at radius 2 is 1.93 bits per heavy atom. The number of hydrogen-bond donors (Lipinski definition) is 1. The fourth-order valence-corrected chi connectivity index (χ4v) is 1.67. The molecule has 0 fully saturated rings. The van der Waals surface area contributed by atoms with Crippen molar-refractivity contribution in [3.05, 3.63) is 35.4 Å². The predicted molar refractivity (Wildman–Crippen MR) is 58.4 cm³/mol. The summed E-state index contributed by atoms with van der Waals surface area (Å²) in [5.74, 6) is 0.324. The number of hydrogen-bond acceptors (Lipinski definition) is 3. The van der Waals surface area contributed by atoms with E-state index in [1.165, 1.54) is 0 Å². The van der Waals surface area contributed by atoms with E-state index in [2.05, 4.69) is 4.18 Å². The summed E-state index contributed by atoms with van der Waals surface area (Å²) in [5, 5.41) is 4.76. The molecule has 0 aliphatic carbocycles. The van der Waals surface area contributed by atoms with E-state index in [-0.39, 0.29) is 6.61 Å². The molecule has 0 bridgehead atoms. The van der Waals surface area contributed by atoms with Crippen LogP contribution in [0.4, 0.5) is 0 Å². The van der Waals surface area contributed by atoms with Crippen LogP contribution in [0.5, 0.6) is 0 Å². The van der Waals surface area contributed by atoms with Crippen molar-refractivity contribution < 1.29 is 12.6 Å². The summed E-state index contributed by atoms with van der Waals surface area (Å²) in [7, 11) is -3.86. The molecule has 0 heterocycles. The van der Waals surface area contributed by atoms with Gasteiger partial charge in [0.1, 0.15) is 0 Å². The monoisotopic (exact) mass is 229 g/mol. The van der Waals surface area contributed by atoms with Crippen molar-refractivity contribution in [1.82, 2.24) is 0 Å². The molecule has 0 saturated heterocycles. The molecule has 0 saturated carbocycles. The fraction of sp³-hybridized carbons (Fsp3) is 0.400. The molecule has 0 aliphatic rings. The van der Waals surface area contributed by atoms with E-state index in [9.17, 15) is 8.42 Å². The second-order valence-electron chi connectivity index (χ2n) is 3.61. The van der Waals surface area contributed by atoms with Crippen LogP contribution in [0, 0.1) is 0 Å². The molecule has 0 amide bonds. The molecule has 5 heteroatoms. The van der Waals surface area contributed by atoms with E-state index in [0.29, 0.717) is 5.92 Å². The normalized spacial score (nSPS) is 12.0. The molecule has 1 aromatic carbocycles. The molecule has 2 N–H and O–H groups in total. The van der Waals surface area contributed by atoms with Crippen molar-refractivity contribution in [1.29, 1.82) is 0 Å². The lowest BCUT2D eigenvalue weighted by Crippen LogP contribution is -2.16. The summed E-state index contributed by atoms with van der Waals surface area (Å²) in [4.78, 5) is 0. The van der Waals surface area contributed by atoms with Crippen molar-refractivity contribution in [2.75, 3.05) is 0 Å². The first-order valence-corrected chi connectivity index (χ1v) is 6.12. The van der Waals surface area contributed by atoms with Gasteiger partial charge in [0.05, 0.1) is 6.61 Å². The summed E-state index contributed by atoms with van der Waals surface area (Å²) in [5.41, 5.74) is 1.92. The fourth-order valence-electron chi connectivity index (χ4n) is 1.37. The topological polar surface area (TPSA) is 69.4 Å². The third-order valence-corrected chi connectivity index (χ3v) is 2.50. The standard InChI is InChI=1S/C10H15NO3S/c1-8(2)10-6-4-3-5-9(10)7-14-15(11,12)13/h3-6,8H,7H2,1-2H3,(H2,11,12,13). The van der Waals surface area contributed by atoms with Gasteiger partial charge in [-0.1, -0.05) is 38.1 Å². The van der Waals surface area contributed by atoms with Gasteiger partial charge in [-0.25, -0.2) is 5.14 Å². The molecular formula is C10H15NO3S. The van der Waals surface area contributed by atoms with Crippen LogP contribution < -0.4 is 5.14 Å². The number of rotatable bonds is 4. The smallest absolute Gasteiger partial charge is 0.253 e. The minimum absolute atomic E-state index is 0.00676. The first-order chi connectivity index (χ1) is 6.90. The van der Waals surface area contributed by atoms with Gasteiger partial charge in [-0.3, -0.25) is 4.18 Å². The summed E-state index contributed by atoms with van der Waals surface area (Å²) in [6.07, 6.45) is 0. The molecule has 1 rings (SSSR count). The second-order valence-corrected chi connectivity index (χ2v) is 4.83. The van der Waals surface area contributed by atoms with E-state index in [4.69, 9.17) is 5.14 Å². The third-order valence-electron chi connectivity index (χ3n) is 2.06. The Labute approximate surface area is 90.3 Å². The first-order valence-electron chi connectivity index (χ1n) is 4.65. The Bertz CT molecular complexity index is 426. The molecule has 0 spiro atoms. The molecule has 0 radical (unpaired) electrons. The van der Waals surface area contributed by atoms with Crippen LogP contribution in [0.25, 0.3) is 0 Å². The van der Waals surface area contributed by atoms with Crippen LogP contribution in [-0.2, 0) is 21.1 Å². The zero-order valence-electron chi connectivity index (χ0n) is 8.80. The van der Waals surface area contributed by atoms with Crippen LogP contribution in [0.2, 0.25) is 0 Å². The molecule has 0 aliphatic heterocycles. The highest BCUT2D eigenvalue weighted by atomic mass is 32.2. The van der Waals surface area contributed by atoms with Crippen molar-refractivity contribution in [3.63, 3.8) is 0 Å². The molecule has 1 aromatic rings. The van der Waals surface area contributed by atoms with Gasteiger partial charge in [0.15, 0.2) is 0 Å². The van der Waals surface area contributed by atoms with E-state index >= 15 is 0 Å². The van der Waals surface area contributed by atoms with E-state index in [1.54, 1.807) is 0 Å². The minimum atomic E-state index is -3.86. The van der Waals surface area contributed by atoms with Gasteiger partial charge in [-0.15, -0.1) is 0 Å². The second kappa shape index (κ2) is 4.74. The summed E-state index contributed by atoms with van der Waals surface area (Å²) >= 11 is 0. The molecule has 15 heavy (non-hydrogen) atoms. The lowest BCUT2D eigenvalue weighted by atomic mass is 9.98. The van der Waals surface area contributed by atoms with Crippen LogP contribution in [-0.4, -0.2) is 8.42 Å². The third kappa shape index (κ3) is 3.99. The zero-order chi connectivity index (χ0) is 11.5. The average Bonchev–Trinajstić information content (AvgIpc) is 2.14. The van der Waals surface area contributed by atoms with Crippen molar-refractivity contribution in [2.24, 2.45) is 5.14 Å². The lowest BCUT2D eigenvalue weighted by Gasteiger charge is -2.11. The molecule has 0 unspecified atom stereocenters. The van der Waals surface area contributed by atoms with Gasteiger partial charge in [0.25, 0.3) is 0 Å². The predicted octanol–water partition coefficient (Wildman–Crippen LogP) is 1.53. The van der Waals surface area contributed by atoms with Crippen LogP contribution in [0.1, 0.15) is 30.9 Å². The highest BCUT2D eigenvalue weighted by Crippen LogP contribution is 2.19. The number of benzene rings is 1. The largest absolute Gasteiger partial charge is 0.333 e. The van der Waals surface area contributed by atoms with Gasteiger partial charge in [-0.05, 0) is 17.0 Å². The Kier molecular flexibility index (Phi) is 3.84. The Morgan fingerprint density at radius 1 is 1.33 bits per heavy atom. The summed E-state index contributed by atoms with van der Waals surface area (Å²) in [6, 6.07) is 7.54. The quantitative estimate of drug-likeness (QED) is 0.851. The highest BCUT2D eigenvalue weighted by Gasteiger charge is 2.08. The van der Waals surface area contributed by atoms with Gasteiger partial charge in [0.2, 0.25) is 0 Å². The van der Waals surface area contributed by atoms with Gasteiger partial charge in [0, 0.05) is 0 Å². The van der Waals surface area contributed by atoms with Crippen molar-refractivity contribution in [2.45, 2.75) is 26.4 Å². The van der Waals surface area contributed by atoms with Crippen molar-refractivity contribution >= 4 is 10.3 Å². The maximum Gasteiger partial charge on any atom is 0.333 e. The van der Waals surface area contributed by atoms with Gasteiger partial charge >= 0.3 is 10.3 Å². The van der Waals surface area contributed by atoms with Gasteiger partial charge < -0.3 is 0 Å². The van der Waals surface area contributed by atoms with Crippen LogP contribution >= 0.6 is 0 Å². The maximum absolute atomic E-state index is 10.6. The highest BCUT2D eigenvalue weighted by molar-refractivity contribution is 7.84. The Morgan fingerprint density at radius 3 is 2.47 bits per heavy atom. The summed E-state index contributed by atoms with van der Waals surface area (Å²) in [6.45, 7) is 4.07. The Balaban J connectivity index is 2.85. The first kappa shape index (κ1) is 12.2. The number of nitrogens with two attached hydrogens (primary N) is 1. The minimum Gasteiger partial charge on any atom is -0.253 e. The van der Waals surface area contributed by atoms with E-state index in [1.807, 2.05) is 38.1 Å². The van der Waals surface area contributed by atoms with Gasteiger partial charge in [-0.2, -0.15) is 8.42 Å². The van der Waals surface area contributed by atoms with E-state index in [0.717, 1.165) is 11.1 Å². The maximum atomic E-state index is 10.6. The average molecular weight is 229 g/mol. The molecule has 84 valence electrons. The molecule has 0 aromatic heterocycles. The zero-order valence-corrected chi connectivity index (χ0v) is 9.62. The molecule has 0 atom stereocenters. The SMILES string of the molecule is CC(C)c1ccccc1COS(N)(=O)=O. The lowest BCUT2D eigenvalue weighted by molar-refractivity contribution is 0.307. The molecule has 4 nitrogen and oxygen atoms in total. The van der Waals surface area contributed by atoms with Crippen LogP contribution in [0.3, 0.4) is 0 Å². The van der Waals surface area contributed by atoms with Crippen LogP contribution in [0.15, 0.2) is 24.3 Å². The summed E-state index contributed by atoms with van der Waals surface area (Å²) < 4.78 is 25.8. The van der Waals surface area contributed by atoms with Crippen molar-refractivity contribution in [3.8, 4) is 0 Å².